The van der Waals surface area contributed by atoms with E-state index in [0.29, 0.717) is 12.1 Å². The molecule has 1 atom stereocenters. The van der Waals surface area contributed by atoms with Gasteiger partial charge >= 0.3 is 0 Å². The number of nitrogens with one attached hydrogen (secondary N) is 1. The molecule has 0 bridgehead atoms. The zero-order valence-corrected chi connectivity index (χ0v) is 17.5. The molecule has 4 heteroatoms. The largest absolute Gasteiger partial charge is 0.351 e. The van der Waals surface area contributed by atoms with Crippen LogP contribution >= 0.6 is 11.3 Å². The van der Waals surface area contributed by atoms with Gasteiger partial charge < -0.3 is 5.32 Å². The summed E-state index contributed by atoms with van der Waals surface area (Å²) in [5.41, 5.74) is 2.30. The number of aryl methyl sites for hydroxylation is 1. The van der Waals surface area contributed by atoms with Gasteiger partial charge in [-0.2, -0.15) is 0 Å². The lowest BCUT2D eigenvalue weighted by molar-refractivity contribution is 0.0903. The second-order valence-corrected chi connectivity index (χ2v) is 9.12. The van der Waals surface area contributed by atoms with Gasteiger partial charge in [-0.15, -0.1) is 11.3 Å². The Labute approximate surface area is 163 Å². The third-order valence-corrected chi connectivity index (χ3v) is 7.50. The van der Waals surface area contributed by atoms with Crippen molar-refractivity contribution in [1.29, 1.82) is 0 Å². The molecule has 0 radical (unpaired) electrons. The maximum atomic E-state index is 12.8. The van der Waals surface area contributed by atoms with Gasteiger partial charge in [-0.25, -0.2) is 0 Å². The summed E-state index contributed by atoms with van der Waals surface area (Å²) in [6, 6.07) is 1.32. The first-order valence-corrected chi connectivity index (χ1v) is 11.7. The number of hydrogen-bond donors (Lipinski definition) is 1. The molecule has 0 spiro atoms. The predicted molar refractivity (Wildman–Crippen MR) is 111 cm³/mol. The zero-order chi connectivity index (χ0) is 18.4. The van der Waals surface area contributed by atoms with Crippen LogP contribution < -0.4 is 5.32 Å². The minimum Gasteiger partial charge on any atom is -0.351 e. The fourth-order valence-corrected chi connectivity index (χ4v) is 5.79. The van der Waals surface area contributed by atoms with Gasteiger partial charge in [0.25, 0.3) is 5.91 Å². The Morgan fingerprint density at radius 3 is 2.69 bits per heavy atom. The minimum atomic E-state index is 0.150. The summed E-state index contributed by atoms with van der Waals surface area (Å²) in [4.78, 5) is 16.9. The summed E-state index contributed by atoms with van der Waals surface area (Å²) in [6.45, 7) is 6.37. The molecular weight excluding hydrogens is 340 g/mol. The lowest BCUT2D eigenvalue weighted by atomic mass is 9.93. The van der Waals surface area contributed by atoms with Crippen LogP contribution in [0.1, 0.15) is 92.4 Å². The van der Waals surface area contributed by atoms with Crippen molar-refractivity contribution in [2.45, 2.75) is 96.6 Å². The van der Waals surface area contributed by atoms with E-state index in [-0.39, 0.29) is 5.91 Å². The van der Waals surface area contributed by atoms with Crippen LogP contribution in [0, 0.1) is 0 Å². The maximum absolute atomic E-state index is 12.8. The molecule has 26 heavy (non-hydrogen) atoms. The van der Waals surface area contributed by atoms with E-state index in [1.54, 1.807) is 11.3 Å². The minimum absolute atomic E-state index is 0.150. The molecule has 146 valence electrons. The van der Waals surface area contributed by atoms with E-state index < -0.39 is 0 Å². The maximum Gasteiger partial charge on any atom is 0.252 e. The monoisotopic (exact) mass is 376 g/mol. The molecule has 0 aliphatic heterocycles. The van der Waals surface area contributed by atoms with Crippen LogP contribution in [0.2, 0.25) is 0 Å². The van der Waals surface area contributed by atoms with E-state index in [1.165, 1.54) is 68.2 Å². The third kappa shape index (κ3) is 4.89. The number of nitrogens with zero attached hydrogens (tertiary/aromatic N) is 1. The van der Waals surface area contributed by atoms with Crippen LogP contribution in [0.25, 0.3) is 0 Å². The highest BCUT2D eigenvalue weighted by atomic mass is 32.1. The highest BCUT2D eigenvalue weighted by Gasteiger charge is 2.25. The van der Waals surface area contributed by atoms with E-state index in [1.807, 2.05) is 0 Å². The molecule has 2 aliphatic rings. The van der Waals surface area contributed by atoms with E-state index in [2.05, 4.69) is 29.4 Å². The summed E-state index contributed by atoms with van der Waals surface area (Å²) in [6.07, 6.45) is 14.0. The fourth-order valence-electron chi connectivity index (χ4n) is 4.66. The first-order valence-electron chi connectivity index (χ1n) is 10.8. The van der Waals surface area contributed by atoms with Crippen LogP contribution in [0.5, 0.6) is 0 Å². The van der Waals surface area contributed by atoms with Crippen molar-refractivity contribution < 1.29 is 4.79 Å². The normalized spacial score (nSPS) is 19.8. The molecule has 1 saturated carbocycles. The van der Waals surface area contributed by atoms with Crippen molar-refractivity contribution in [3.63, 3.8) is 0 Å². The van der Waals surface area contributed by atoms with Crippen LogP contribution in [-0.2, 0) is 12.8 Å². The summed E-state index contributed by atoms with van der Waals surface area (Å²) in [5.74, 6) is 0.150. The van der Waals surface area contributed by atoms with Crippen molar-refractivity contribution >= 4 is 17.2 Å². The second kappa shape index (κ2) is 9.89. The van der Waals surface area contributed by atoms with Gasteiger partial charge in [0.05, 0.1) is 5.56 Å². The lowest BCUT2D eigenvalue weighted by Crippen LogP contribution is -2.46. The predicted octanol–water partition coefficient (Wildman–Crippen LogP) is 5.18. The number of rotatable bonds is 7. The van der Waals surface area contributed by atoms with Crippen molar-refractivity contribution in [1.82, 2.24) is 10.2 Å². The molecule has 1 amide bonds. The topological polar surface area (TPSA) is 32.3 Å². The molecular formula is C22H36N2OS. The molecule has 3 rings (SSSR count). The summed E-state index contributed by atoms with van der Waals surface area (Å²) in [5, 5.41) is 5.33. The highest BCUT2D eigenvalue weighted by Crippen LogP contribution is 2.29. The number of thiophene rings is 1. The molecule has 0 unspecified atom stereocenters. The Bertz CT molecular complexity index is 577. The molecule has 1 N–H and O–H groups in total. The number of fused-ring (bicyclic) bond motifs is 1. The average Bonchev–Trinajstić information content (AvgIpc) is 2.93. The van der Waals surface area contributed by atoms with Gasteiger partial charge in [0.15, 0.2) is 0 Å². The van der Waals surface area contributed by atoms with Crippen LogP contribution in [-0.4, -0.2) is 36.0 Å². The van der Waals surface area contributed by atoms with Gasteiger partial charge in [-0.1, -0.05) is 32.6 Å². The second-order valence-electron chi connectivity index (χ2n) is 8.15. The molecule has 1 aromatic rings. The Morgan fingerprint density at radius 2 is 1.92 bits per heavy atom. The van der Waals surface area contributed by atoms with Crippen molar-refractivity contribution in [3.8, 4) is 0 Å². The van der Waals surface area contributed by atoms with Gasteiger partial charge in [0.2, 0.25) is 0 Å². The van der Waals surface area contributed by atoms with Crippen LogP contribution in [0.4, 0.5) is 0 Å². The fraction of sp³-hybridized carbons (Fsp3) is 0.773. The van der Waals surface area contributed by atoms with Crippen molar-refractivity contribution in [3.05, 3.63) is 21.4 Å². The standard InChI is InChI=1S/C22H36N2OS/c1-3-17(2)24(18-10-6-4-7-11-18)15-14-23-22(25)20-16-26-21-13-9-5-8-12-19(20)21/h16-18H,3-15H2,1-2H3,(H,23,25)/t17-/m0/s1. The van der Waals surface area contributed by atoms with Crippen molar-refractivity contribution in [2.24, 2.45) is 0 Å². The van der Waals surface area contributed by atoms with E-state index in [0.717, 1.165) is 31.5 Å². The van der Waals surface area contributed by atoms with Gasteiger partial charge in [0.1, 0.15) is 0 Å². The van der Waals surface area contributed by atoms with E-state index in [9.17, 15) is 4.79 Å². The number of hydrogen-bond acceptors (Lipinski definition) is 3. The van der Waals surface area contributed by atoms with Crippen molar-refractivity contribution in [2.75, 3.05) is 13.1 Å². The van der Waals surface area contributed by atoms with Gasteiger partial charge in [-0.3, -0.25) is 9.69 Å². The Hall–Kier alpha value is -0.870. The highest BCUT2D eigenvalue weighted by molar-refractivity contribution is 7.10. The van der Waals surface area contributed by atoms with E-state index >= 15 is 0 Å². The Balaban J connectivity index is 1.55. The summed E-state index contributed by atoms with van der Waals surface area (Å²) >= 11 is 1.79. The summed E-state index contributed by atoms with van der Waals surface area (Å²) < 4.78 is 0. The molecule has 3 nitrogen and oxygen atoms in total. The molecule has 0 aromatic carbocycles. The smallest absolute Gasteiger partial charge is 0.252 e. The quantitative estimate of drug-likeness (QED) is 0.665. The Morgan fingerprint density at radius 1 is 1.19 bits per heavy atom. The SMILES string of the molecule is CC[C@H](C)N(CCNC(=O)c1csc2c1CCCCC2)C1CCCCC1. The van der Waals surface area contributed by atoms with Gasteiger partial charge in [-0.05, 0) is 57.4 Å². The molecule has 1 heterocycles. The average molecular weight is 377 g/mol. The lowest BCUT2D eigenvalue weighted by Gasteiger charge is -2.38. The zero-order valence-electron chi connectivity index (χ0n) is 16.7. The molecule has 0 saturated heterocycles. The number of carbonyl (C=O) groups is 1. The van der Waals surface area contributed by atoms with Crippen LogP contribution in [0.15, 0.2) is 5.38 Å². The van der Waals surface area contributed by atoms with Crippen LogP contribution in [0.3, 0.4) is 0 Å². The first-order chi connectivity index (χ1) is 12.7. The molecule has 2 aliphatic carbocycles. The summed E-state index contributed by atoms with van der Waals surface area (Å²) in [7, 11) is 0. The van der Waals surface area contributed by atoms with Gasteiger partial charge in [0, 0.05) is 35.4 Å². The molecule has 1 fully saturated rings. The molecule has 1 aromatic heterocycles. The Kier molecular flexibility index (Phi) is 7.56. The number of carbonyl (C=O) groups excluding carboxylic acids is 1. The third-order valence-electron chi connectivity index (χ3n) is 6.41. The number of amides is 1. The van der Waals surface area contributed by atoms with E-state index in [4.69, 9.17) is 0 Å². The first kappa shape index (κ1) is 19.9.